The Balaban J connectivity index is 1.64. The molecule has 0 saturated carbocycles. The fourth-order valence-corrected chi connectivity index (χ4v) is 1.89. The number of ether oxygens (including phenoxy) is 1. The summed E-state index contributed by atoms with van der Waals surface area (Å²) in [6.45, 7) is 3.95. The Kier molecular flexibility index (Phi) is 4.78. The number of aromatic nitrogens is 1. The van der Waals surface area contributed by atoms with Crippen LogP contribution < -0.4 is 10.1 Å². The summed E-state index contributed by atoms with van der Waals surface area (Å²) in [5, 5.41) is 7.05. The zero-order valence-electron chi connectivity index (χ0n) is 10.1. The molecule has 2 aromatic rings. The van der Waals surface area contributed by atoms with Gasteiger partial charge in [0.25, 0.3) is 0 Å². The quantitative estimate of drug-likeness (QED) is 0.833. The van der Waals surface area contributed by atoms with Crippen molar-refractivity contribution in [3.8, 4) is 5.75 Å². The van der Waals surface area contributed by atoms with Crippen LogP contribution in [0.3, 0.4) is 0 Å². The third-order valence-electron chi connectivity index (χ3n) is 2.32. The second-order valence-corrected chi connectivity index (χ2v) is 4.83. The molecule has 1 heterocycles. The van der Waals surface area contributed by atoms with Gasteiger partial charge in [-0.2, -0.15) is 0 Å². The van der Waals surface area contributed by atoms with E-state index in [0.29, 0.717) is 13.2 Å². The van der Waals surface area contributed by atoms with Crippen molar-refractivity contribution in [1.29, 1.82) is 0 Å². The number of nitrogens with zero attached hydrogens (tertiary/aromatic N) is 1. The number of aryl methyl sites for hydroxylation is 1. The molecule has 0 amide bonds. The average Bonchev–Trinajstić information content (AvgIpc) is 2.75. The molecule has 5 heteroatoms. The Morgan fingerprint density at radius 2 is 2.28 bits per heavy atom. The Morgan fingerprint density at radius 3 is 3.00 bits per heavy atom. The Bertz CT molecular complexity index is 499. The van der Waals surface area contributed by atoms with E-state index in [0.717, 1.165) is 28.2 Å². The largest absolute Gasteiger partial charge is 0.492 e. The molecule has 0 spiro atoms. The van der Waals surface area contributed by atoms with Crippen LogP contribution in [0.2, 0.25) is 0 Å². The topological polar surface area (TPSA) is 47.3 Å². The van der Waals surface area contributed by atoms with E-state index in [-0.39, 0.29) is 0 Å². The molecule has 0 aliphatic rings. The van der Waals surface area contributed by atoms with Gasteiger partial charge in [-0.05, 0) is 25.1 Å². The lowest BCUT2D eigenvalue weighted by atomic mass is 10.3. The molecule has 0 bridgehead atoms. The van der Waals surface area contributed by atoms with Gasteiger partial charge in [0.15, 0.2) is 5.76 Å². The lowest BCUT2D eigenvalue weighted by Crippen LogP contribution is -2.20. The number of nitrogens with one attached hydrogen (secondary N) is 1. The van der Waals surface area contributed by atoms with Gasteiger partial charge in [0, 0.05) is 17.1 Å². The maximum atomic E-state index is 5.59. The van der Waals surface area contributed by atoms with Crippen LogP contribution in [-0.4, -0.2) is 18.3 Å². The number of benzene rings is 1. The molecule has 1 aromatic heterocycles. The minimum Gasteiger partial charge on any atom is -0.492 e. The zero-order valence-corrected chi connectivity index (χ0v) is 11.7. The molecule has 0 unspecified atom stereocenters. The van der Waals surface area contributed by atoms with E-state index in [1.165, 1.54) is 0 Å². The molecular weight excluding hydrogens is 296 g/mol. The molecule has 0 aliphatic carbocycles. The van der Waals surface area contributed by atoms with E-state index >= 15 is 0 Å². The van der Waals surface area contributed by atoms with E-state index in [1.807, 2.05) is 37.3 Å². The molecule has 0 radical (unpaired) electrons. The minimum absolute atomic E-state index is 0.615. The van der Waals surface area contributed by atoms with Gasteiger partial charge >= 0.3 is 0 Å². The summed E-state index contributed by atoms with van der Waals surface area (Å²) in [5.74, 6) is 1.71. The van der Waals surface area contributed by atoms with Gasteiger partial charge in [0.2, 0.25) is 0 Å². The fraction of sp³-hybridized carbons (Fsp3) is 0.308. The predicted octanol–water partition coefficient (Wildman–Crippen LogP) is 2.91. The van der Waals surface area contributed by atoms with Crippen LogP contribution in [0.5, 0.6) is 5.75 Å². The van der Waals surface area contributed by atoms with Crippen LogP contribution >= 0.6 is 15.9 Å². The van der Waals surface area contributed by atoms with Crippen molar-refractivity contribution in [1.82, 2.24) is 10.5 Å². The molecule has 4 nitrogen and oxygen atoms in total. The third kappa shape index (κ3) is 4.16. The summed E-state index contributed by atoms with van der Waals surface area (Å²) in [7, 11) is 0. The van der Waals surface area contributed by atoms with Crippen LogP contribution in [0.4, 0.5) is 0 Å². The first kappa shape index (κ1) is 13.1. The zero-order chi connectivity index (χ0) is 12.8. The third-order valence-corrected chi connectivity index (χ3v) is 2.81. The summed E-state index contributed by atoms with van der Waals surface area (Å²) in [6.07, 6.45) is 0. The highest BCUT2D eigenvalue weighted by atomic mass is 79.9. The molecule has 2 rings (SSSR count). The van der Waals surface area contributed by atoms with Crippen molar-refractivity contribution in [2.24, 2.45) is 0 Å². The average molecular weight is 311 g/mol. The van der Waals surface area contributed by atoms with Crippen LogP contribution in [0.15, 0.2) is 39.3 Å². The first-order valence-corrected chi connectivity index (χ1v) is 6.54. The van der Waals surface area contributed by atoms with E-state index in [1.54, 1.807) is 0 Å². The molecule has 0 saturated heterocycles. The van der Waals surface area contributed by atoms with Crippen molar-refractivity contribution >= 4 is 15.9 Å². The smallest absolute Gasteiger partial charge is 0.150 e. The second kappa shape index (κ2) is 6.56. The SMILES string of the molecule is Cc1cc(CNCCOc2cccc(Br)c2)on1. The Hall–Kier alpha value is -1.33. The first-order valence-electron chi connectivity index (χ1n) is 5.75. The highest BCUT2D eigenvalue weighted by Gasteiger charge is 1.99. The lowest BCUT2D eigenvalue weighted by molar-refractivity contribution is 0.306. The van der Waals surface area contributed by atoms with Crippen LogP contribution in [-0.2, 0) is 6.54 Å². The van der Waals surface area contributed by atoms with Gasteiger partial charge in [-0.1, -0.05) is 27.2 Å². The van der Waals surface area contributed by atoms with Gasteiger partial charge in [0.1, 0.15) is 12.4 Å². The molecule has 1 aromatic carbocycles. The van der Waals surface area contributed by atoms with E-state index in [9.17, 15) is 0 Å². The van der Waals surface area contributed by atoms with Crippen molar-refractivity contribution < 1.29 is 9.26 Å². The number of halogens is 1. The van der Waals surface area contributed by atoms with Gasteiger partial charge < -0.3 is 14.6 Å². The number of hydrogen-bond donors (Lipinski definition) is 1. The van der Waals surface area contributed by atoms with Gasteiger partial charge in [0.05, 0.1) is 12.2 Å². The minimum atomic E-state index is 0.615. The molecule has 0 fully saturated rings. The van der Waals surface area contributed by atoms with E-state index in [2.05, 4.69) is 26.4 Å². The summed E-state index contributed by atoms with van der Waals surface area (Å²) in [4.78, 5) is 0. The Labute approximate surface area is 114 Å². The maximum Gasteiger partial charge on any atom is 0.150 e. The van der Waals surface area contributed by atoms with Gasteiger partial charge in [-0.15, -0.1) is 0 Å². The molecule has 0 atom stereocenters. The van der Waals surface area contributed by atoms with Crippen molar-refractivity contribution in [2.75, 3.05) is 13.2 Å². The standard InChI is InChI=1S/C13H15BrN2O2/c1-10-7-13(18-16-10)9-15-5-6-17-12-4-2-3-11(14)8-12/h2-4,7-8,15H,5-6,9H2,1H3. The maximum absolute atomic E-state index is 5.59. The summed E-state index contributed by atoms with van der Waals surface area (Å²) in [6, 6.07) is 9.72. The molecule has 18 heavy (non-hydrogen) atoms. The summed E-state index contributed by atoms with van der Waals surface area (Å²) in [5.41, 5.74) is 0.900. The predicted molar refractivity (Wildman–Crippen MR) is 72.6 cm³/mol. The lowest BCUT2D eigenvalue weighted by Gasteiger charge is -2.06. The van der Waals surface area contributed by atoms with Gasteiger partial charge in [-0.25, -0.2) is 0 Å². The molecular formula is C13H15BrN2O2. The van der Waals surface area contributed by atoms with Crippen LogP contribution in [0.25, 0.3) is 0 Å². The fourth-order valence-electron chi connectivity index (χ4n) is 1.51. The summed E-state index contributed by atoms with van der Waals surface area (Å²) < 4.78 is 11.7. The van der Waals surface area contributed by atoms with E-state index in [4.69, 9.17) is 9.26 Å². The normalized spacial score (nSPS) is 10.6. The molecule has 96 valence electrons. The second-order valence-electron chi connectivity index (χ2n) is 3.92. The highest BCUT2D eigenvalue weighted by molar-refractivity contribution is 9.10. The molecule has 0 aliphatic heterocycles. The summed E-state index contributed by atoms with van der Waals surface area (Å²) >= 11 is 3.40. The number of rotatable bonds is 6. The van der Waals surface area contributed by atoms with Crippen molar-refractivity contribution in [2.45, 2.75) is 13.5 Å². The van der Waals surface area contributed by atoms with E-state index < -0.39 is 0 Å². The first-order chi connectivity index (χ1) is 8.74. The van der Waals surface area contributed by atoms with Gasteiger partial charge in [-0.3, -0.25) is 0 Å². The highest BCUT2D eigenvalue weighted by Crippen LogP contribution is 2.17. The van der Waals surface area contributed by atoms with Crippen molar-refractivity contribution in [3.63, 3.8) is 0 Å². The van der Waals surface area contributed by atoms with Crippen LogP contribution in [0, 0.1) is 6.92 Å². The monoisotopic (exact) mass is 310 g/mol. The van der Waals surface area contributed by atoms with Crippen LogP contribution in [0.1, 0.15) is 11.5 Å². The molecule has 1 N–H and O–H groups in total. The number of hydrogen-bond acceptors (Lipinski definition) is 4. The Morgan fingerprint density at radius 1 is 1.39 bits per heavy atom. The van der Waals surface area contributed by atoms with Crippen molar-refractivity contribution in [3.05, 3.63) is 46.3 Å².